The standard InChI is InChI=1S/C15H18ClN3O2/c1-10-4-5-19(8-14(10)20)9-15(21)18-12-3-2-11(7-17)13(16)6-12/h2-3,6,10,14,20H,4-5,8-9H2,1H3,(H,18,21). The maximum Gasteiger partial charge on any atom is 0.238 e. The number of piperidine rings is 1. The zero-order valence-corrected chi connectivity index (χ0v) is 12.6. The molecule has 1 aliphatic rings. The summed E-state index contributed by atoms with van der Waals surface area (Å²) in [5.74, 6) is 0.124. The van der Waals surface area contributed by atoms with Gasteiger partial charge >= 0.3 is 0 Å². The molecule has 1 aromatic rings. The highest BCUT2D eigenvalue weighted by Gasteiger charge is 2.25. The highest BCUT2D eigenvalue weighted by atomic mass is 35.5. The van der Waals surface area contributed by atoms with Crippen molar-refractivity contribution in [2.24, 2.45) is 5.92 Å². The van der Waals surface area contributed by atoms with Crippen LogP contribution in [0.25, 0.3) is 0 Å². The molecule has 1 aliphatic heterocycles. The van der Waals surface area contributed by atoms with Crippen molar-refractivity contribution in [1.29, 1.82) is 5.26 Å². The summed E-state index contributed by atoms with van der Waals surface area (Å²) in [7, 11) is 0. The summed E-state index contributed by atoms with van der Waals surface area (Å²) < 4.78 is 0. The number of anilines is 1. The molecule has 1 heterocycles. The van der Waals surface area contributed by atoms with Crippen LogP contribution in [-0.4, -0.2) is 41.7 Å². The van der Waals surface area contributed by atoms with Crippen LogP contribution in [0, 0.1) is 17.2 Å². The first-order chi connectivity index (χ1) is 9.99. The van der Waals surface area contributed by atoms with Crippen LogP contribution in [0.4, 0.5) is 5.69 Å². The fourth-order valence-electron chi connectivity index (χ4n) is 2.35. The summed E-state index contributed by atoms with van der Waals surface area (Å²) in [4.78, 5) is 13.9. The minimum absolute atomic E-state index is 0.155. The molecule has 1 amide bonds. The minimum Gasteiger partial charge on any atom is -0.392 e. The molecule has 0 aromatic heterocycles. The number of rotatable bonds is 3. The van der Waals surface area contributed by atoms with Crippen molar-refractivity contribution in [3.05, 3.63) is 28.8 Å². The third-order valence-corrected chi connectivity index (χ3v) is 4.06. The molecule has 2 rings (SSSR count). The zero-order chi connectivity index (χ0) is 15.4. The van der Waals surface area contributed by atoms with Crippen molar-refractivity contribution in [2.75, 3.05) is 25.0 Å². The topological polar surface area (TPSA) is 76.4 Å². The molecule has 6 heteroatoms. The number of hydrogen-bond acceptors (Lipinski definition) is 4. The summed E-state index contributed by atoms with van der Waals surface area (Å²) in [5.41, 5.74) is 0.942. The second-order valence-electron chi connectivity index (χ2n) is 5.42. The van der Waals surface area contributed by atoms with Gasteiger partial charge in [-0.1, -0.05) is 18.5 Å². The van der Waals surface area contributed by atoms with E-state index in [1.165, 1.54) is 0 Å². The lowest BCUT2D eigenvalue weighted by molar-refractivity contribution is -0.118. The molecule has 1 aromatic carbocycles. The molecule has 0 aliphatic carbocycles. The summed E-state index contributed by atoms with van der Waals surface area (Å²) in [6.07, 6.45) is 0.507. The summed E-state index contributed by atoms with van der Waals surface area (Å²) in [6, 6.07) is 6.75. The number of aliphatic hydroxyl groups excluding tert-OH is 1. The number of amides is 1. The van der Waals surface area contributed by atoms with Gasteiger partial charge in [0.25, 0.3) is 0 Å². The Morgan fingerprint density at radius 2 is 2.38 bits per heavy atom. The van der Waals surface area contributed by atoms with Gasteiger partial charge in [0.1, 0.15) is 6.07 Å². The molecule has 2 N–H and O–H groups in total. The van der Waals surface area contributed by atoms with Gasteiger partial charge in [-0.05, 0) is 37.1 Å². The first-order valence-corrected chi connectivity index (χ1v) is 7.27. The maximum atomic E-state index is 12.0. The van der Waals surface area contributed by atoms with E-state index in [2.05, 4.69) is 5.32 Å². The molecular formula is C15H18ClN3O2. The first kappa shape index (κ1) is 15.8. The Labute approximate surface area is 129 Å². The van der Waals surface area contributed by atoms with Crippen molar-refractivity contribution in [1.82, 2.24) is 4.90 Å². The van der Waals surface area contributed by atoms with Crippen LogP contribution in [0.2, 0.25) is 5.02 Å². The average molecular weight is 308 g/mol. The molecule has 5 nitrogen and oxygen atoms in total. The highest BCUT2D eigenvalue weighted by molar-refractivity contribution is 6.32. The number of benzene rings is 1. The van der Waals surface area contributed by atoms with E-state index in [9.17, 15) is 9.90 Å². The Morgan fingerprint density at radius 1 is 1.62 bits per heavy atom. The number of hydrogen-bond donors (Lipinski definition) is 2. The predicted octanol–water partition coefficient (Wildman–Crippen LogP) is 1.85. The van der Waals surface area contributed by atoms with Gasteiger partial charge < -0.3 is 10.4 Å². The summed E-state index contributed by atoms with van der Waals surface area (Å²) in [6.45, 7) is 3.57. The van der Waals surface area contributed by atoms with E-state index in [-0.39, 0.29) is 24.5 Å². The van der Waals surface area contributed by atoms with Gasteiger partial charge in [-0.2, -0.15) is 5.26 Å². The zero-order valence-electron chi connectivity index (χ0n) is 11.8. The van der Waals surface area contributed by atoms with E-state index < -0.39 is 0 Å². The van der Waals surface area contributed by atoms with Crippen molar-refractivity contribution < 1.29 is 9.90 Å². The fraction of sp³-hybridized carbons (Fsp3) is 0.467. The smallest absolute Gasteiger partial charge is 0.238 e. The lowest BCUT2D eigenvalue weighted by Gasteiger charge is -2.33. The molecule has 0 spiro atoms. The second kappa shape index (κ2) is 6.90. The van der Waals surface area contributed by atoms with Crippen LogP contribution in [-0.2, 0) is 4.79 Å². The van der Waals surface area contributed by atoms with Crippen molar-refractivity contribution in [3.8, 4) is 6.07 Å². The first-order valence-electron chi connectivity index (χ1n) is 6.89. The lowest BCUT2D eigenvalue weighted by Crippen LogP contribution is -2.45. The molecular weight excluding hydrogens is 290 g/mol. The lowest BCUT2D eigenvalue weighted by atomic mass is 9.96. The summed E-state index contributed by atoms with van der Waals surface area (Å²) in [5, 5.41) is 21.7. The molecule has 0 saturated carbocycles. The van der Waals surface area contributed by atoms with E-state index >= 15 is 0 Å². The van der Waals surface area contributed by atoms with Crippen molar-refractivity contribution in [3.63, 3.8) is 0 Å². The Hall–Kier alpha value is -1.61. The number of nitrogens with one attached hydrogen (secondary N) is 1. The molecule has 2 atom stereocenters. The van der Waals surface area contributed by atoms with Gasteiger partial charge in [0.05, 0.1) is 23.2 Å². The van der Waals surface area contributed by atoms with Crippen molar-refractivity contribution >= 4 is 23.2 Å². The Bertz CT molecular complexity index is 571. The van der Waals surface area contributed by atoms with Crippen LogP contribution >= 0.6 is 11.6 Å². The van der Waals surface area contributed by atoms with Crippen molar-refractivity contribution in [2.45, 2.75) is 19.4 Å². The fourth-order valence-corrected chi connectivity index (χ4v) is 2.57. The number of β-amino-alcohol motifs (C(OH)–C–C–N with tert-alkyl or cyclic N) is 1. The molecule has 21 heavy (non-hydrogen) atoms. The number of likely N-dealkylation sites (tertiary alicyclic amines) is 1. The van der Waals surface area contributed by atoms with Gasteiger partial charge in [0.15, 0.2) is 0 Å². The van der Waals surface area contributed by atoms with Crippen LogP contribution in [0.1, 0.15) is 18.9 Å². The number of halogens is 1. The van der Waals surface area contributed by atoms with Gasteiger partial charge in [0, 0.05) is 12.2 Å². The van der Waals surface area contributed by atoms with Gasteiger partial charge in [-0.3, -0.25) is 9.69 Å². The van der Waals surface area contributed by atoms with Gasteiger partial charge in [-0.15, -0.1) is 0 Å². The normalized spacial score (nSPS) is 22.6. The van der Waals surface area contributed by atoms with E-state index in [1.807, 2.05) is 17.9 Å². The van der Waals surface area contributed by atoms with Crippen LogP contribution < -0.4 is 5.32 Å². The molecule has 1 saturated heterocycles. The Kier molecular flexibility index (Phi) is 5.18. The van der Waals surface area contributed by atoms with Crippen LogP contribution in [0.15, 0.2) is 18.2 Å². The van der Waals surface area contributed by atoms with E-state index in [1.54, 1.807) is 18.2 Å². The monoisotopic (exact) mass is 307 g/mol. The van der Waals surface area contributed by atoms with E-state index in [4.69, 9.17) is 16.9 Å². The molecule has 0 radical (unpaired) electrons. The van der Waals surface area contributed by atoms with Crippen LogP contribution in [0.3, 0.4) is 0 Å². The van der Waals surface area contributed by atoms with Gasteiger partial charge in [-0.25, -0.2) is 0 Å². The highest BCUT2D eigenvalue weighted by Crippen LogP contribution is 2.20. The largest absolute Gasteiger partial charge is 0.392 e. The average Bonchev–Trinajstić information content (AvgIpc) is 2.43. The van der Waals surface area contributed by atoms with Crippen LogP contribution in [0.5, 0.6) is 0 Å². The quantitative estimate of drug-likeness (QED) is 0.893. The molecule has 0 bridgehead atoms. The number of nitrogens with zero attached hydrogens (tertiary/aromatic N) is 2. The minimum atomic E-state index is -0.379. The molecule has 2 unspecified atom stereocenters. The van der Waals surface area contributed by atoms with E-state index in [0.717, 1.165) is 13.0 Å². The number of carbonyl (C=O) groups excluding carboxylic acids is 1. The summed E-state index contributed by atoms with van der Waals surface area (Å²) >= 11 is 5.92. The predicted molar refractivity (Wildman–Crippen MR) is 81.0 cm³/mol. The Balaban J connectivity index is 1.90. The number of aliphatic hydroxyl groups is 1. The molecule has 112 valence electrons. The second-order valence-corrected chi connectivity index (χ2v) is 5.83. The number of nitriles is 1. The molecule has 1 fully saturated rings. The van der Waals surface area contributed by atoms with E-state index in [0.29, 0.717) is 22.8 Å². The Morgan fingerprint density at radius 3 is 3.00 bits per heavy atom. The maximum absolute atomic E-state index is 12.0. The SMILES string of the molecule is CC1CCN(CC(=O)Nc2ccc(C#N)c(Cl)c2)CC1O. The third kappa shape index (κ3) is 4.18. The third-order valence-electron chi connectivity index (χ3n) is 3.74. The van der Waals surface area contributed by atoms with Gasteiger partial charge in [0.2, 0.25) is 5.91 Å². The number of carbonyl (C=O) groups is 1.